The smallest absolute Gasteiger partial charge is 0.312 e. The van der Waals surface area contributed by atoms with Crippen LogP contribution >= 0.6 is 0 Å². The Morgan fingerprint density at radius 2 is 1.72 bits per heavy atom. The van der Waals surface area contributed by atoms with Crippen LogP contribution in [-0.4, -0.2) is 24.0 Å². The summed E-state index contributed by atoms with van der Waals surface area (Å²) in [6.45, 7) is 0.410. The molecule has 0 saturated heterocycles. The third-order valence-electron chi connectivity index (χ3n) is 5.30. The van der Waals surface area contributed by atoms with E-state index in [2.05, 4.69) is 10.6 Å². The Kier molecular flexibility index (Phi) is 6.72. The largest absolute Gasteiger partial charge is 0.457 e. The maximum Gasteiger partial charge on any atom is 0.312 e. The van der Waals surface area contributed by atoms with Crippen LogP contribution in [0.5, 0.6) is 11.5 Å². The molecule has 3 rings (SSSR count). The highest BCUT2D eigenvalue weighted by molar-refractivity contribution is 5.79. The van der Waals surface area contributed by atoms with Crippen LogP contribution in [0.15, 0.2) is 54.6 Å². The molecule has 2 aromatic rings. The first-order valence-corrected chi connectivity index (χ1v) is 9.90. The Hall–Kier alpha value is -3.06. The van der Waals surface area contributed by atoms with Gasteiger partial charge in [0.05, 0.1) is 18.0 Å². The molecule has 7 heteroatoms. The van der Waals surface area contributed by atoms with Gasteiger partial charge in [0.25, 0.3) is 0 Å². The summed E-state index contributed by atoms with van der Waals surface area (Å²) in [7, 11) is 0. The molecule has 1 saturated carbocycles. The third kappa shape index (κ3) is 5.71. The predicted octanol–water partition coefficient (Wildman–Crippen LogP) is 2.97. The van der Waals surface area contributed by atoms with Crippen LogP contribution in [0.2, 0.25) is 0 Å². The predicted molar refractivity (Wildman–Crippen MR) is 111 cm³/mol. The molecule has 7 nitrogen and oxygen atoms in total. The van der Waals surface area contributed by atoms with E-state index in [1.165, 1.54) is 0 Å². The number of para-hydroxylation sites is 1. The number of hydrogen-bond acceptors (Lipinski definition) is 4. The first-order valence-electron chi connectivity index (χ1n) is 9.90. The number of benzene rings is 2. The average Bonchev–Trinajstić information content (AvgIpc) is 3.17. The van der Waals surface area contributed by atoms with E-state index in [1.54, 1.807) is 6.07 Å². The van der Waals surface area contributed by atoms with Crippen LogP contribution in [0.25, 0.3) is 0 Å². The number of urea groups is 1. The molecular formula is C22H28N4O3. The van der Waals surface area contributed by atoms with Crippen molar-refractivity contribution in [3.05, 3.63) is 60.2 Å². The maximum absolute atomic E-state index is 12.7. The van der Waals surface area contributed by atoms with Crippen LogP contribution in [0.1, 0.15) is 43.7 Å². The number of rotatable bonds is 8. The minimum Gasteiger partial charge on any atom is -0.457 e. The van der Waals surface area contributed by atoms with Gasteiger partial charge in [-0.1, -0.05) is 43.2 Å². The number of carbonyl (C=O) groups excluding carboxylic acids is 2. The lowest BCUT2D eigenvalue weighted by Gasteiger charge is -2.29. The highest BCUT2D eigenvalue weighted by atomic mass is 16.5. The lowest BCUT2D eigenvalue weighted by Crippen LogP contribution is -2.52. The molecule has 1 aliphatic rings. The molecule has 0 heterocycles. The third-order valence-corrected chi connectivity index (χ3v) is 5.30. The normalized spacial score (nSPS) is 16.0. The van der Waals surface area contributed by atoms with Crippen LogP contribution in [0.4, 0.5) is 4.79 Å². The second kappa shape index (κ2) is 9.43. The van der Waals surface area contributed by atoms with Crippen molar-refractivity contribution < 1.29 is 14.3 Å². The molecule has 0 aliphatic heterocycles. The number of ether oxygens (including phenoxy) is 1. The molecule has 1 unspecified atom stereocenters. The van der Waals surface area contributed by atoms with Gasteiger partial charge in [0.1, 0.15) is 11.5 Å². The van der Waals surface area contributed by atoms with Gasteiger partial charge in [0.2, 0.25) is 5.91 Å². The molecule has 1 fully saturated rings. The Morgan fingerprint density at radius 3 is 2.38 bits per heavy atom. The number of amides is 3. The summed E-state index contributed by atoms with van der Waals surface area (Å²) in [6, 6.07) is 15.4. The molecule has 0 bridgehead atoms. The van der Waals surface area contributed by atoms with E-state index in [0.717, 1.165) is 31.2 Å². The highest BCUT2D eigenvalue weighted by Gasteiger charge is 2.34. The molecule has 29 heavy (non-hydrogen) atoms. The van der Waals surface area contributed by atoms with Gasteiger partial charge < -0.3 is 26.8 Å². The first-order chi connectivity index (χ1) is 14.0. The van der Waals surface area contributed by atoms with E-state index >= 15 is 0 Å². The Morgan fingerprint density at radius 1 is 1.03 bits per heavy atom. The van der Waals surface area contributed by atoms with Crippen LogP contribution in [0.3, 0.4) is 0 Å². The van der Waals surface area contributed by atoms with Crippen molar-refractivity contribution in [3.63, 3.8) is 0 Å². The second-order valence-corrected chi connectivity index (χ2v) is 7.49. The fraction of sp³-hybridized carbons (Fsp3) is 0.364. The van der Waals surface area contributed by atoms with Crippen LogP contribution in [0, 0.1) is 0 Å². The van der Waals surface area contributed by atoms with E-state index in [9.17, 15) is 9.59 Å². The summed E-state index contributed by atoms with van der Waals surface area (Å²) in [6.07, 6.45) is 3.94. The lowest BCUT2D eigenvalue weighted by atomic mass is 9.96. The first kappa shape index (κ1) is 20.7. The van der Waals surface area contributed by atoms with Crippen molar-refractivity contribution >= 4 is 11.9 Å². The molecule has 0 aromatic heterocycles. The van der Waals surface area contributed by atoms with Gasteiger partial charge in [-0.3, -0.25) is 4.79 Å². The van der Waals surface area contributed by atoms with Crippen molar-refractivity contribution in [2.24, 2.45) is 11.5 Å². The number of nitrogens with two attached hydrogens (primary N) is 2. The quantitative estimate of drug-likeness (QED) is 0.548. The molecular weight excluding hydrogens is 368 g/mol. The van der Waals surface area contributed by atoms with E-state index in [4.69, 9.17) is 16.2 Å². The van der Waals surface area contributed by atoms with E-state index < -0.39 is 12.1 Å². The van der Waals surface area contributed by atoms with Crippen LogP contribution in [-0.2, 0) is 4.79 Å². The second-order valence-electron chi connectivity index (χ2n) is 7.49. The summed E-state index contributed by atoms with van der Waals surface area (Å²) in [4.78, 5) is 24.2. The summed E-state index contributed by atoms with van der Waals surface area (Å²) >= 11 is 0. The monoisotopic (exact) mass is 396 g/mol. The molecule has 3 amide bonds. The topological polar surface area (TPSA) is 119 Å². The molecule has 6 N–H and O–H groups in total. The van der Waals surface area contributed by atoms with Gasteiger partial charge in [-0.25, -0.2) is 4.79 Å². The van der Waals surface area contributed by atoms with E-state index in [0.29, 0.717) is 18.0 Å². The number of hydrogen-bond donors (Lipinski definition) is 4. The fourth-order valence-corrected chi connectivity index (χ4v) is 3.81. The van der Waals surface area contributed by atoms with Crippen molar-refractivity contribution in [1.29, 1.82) is 0 Å². The average molecular weight is 396 g/mol. The summed E-state index contributed by atoms with van der Waals surface area (Å²) in [5, 5.41) is 5.75. The summed E-state index contributed by atoms with van der Waals surface area (Å²) < 4.78 is 5.86. The molecule has 0 radical (unpaired) electrons. The van der Waals surface area contributed by atoms with Crippen molar-refractivity contribution in [2.75, 3.05) is 6.54 Å². The SMILES string of the molecule is NCC1(NC(=O)CC(NC(N)=O)c2cccc(Oc3ccccc3)c2)CCCC1. The van der Waals surface area contributed by atoms with E-state index in [-0.39, 0.29) is 17.9 Å². The Bertz CT molecular complexity index is 835. The highest BCUT2D eigenvalue weighted by Crippen LogP contribution is 2.30. The molecule has 154 valence electrons. The lowest BCUT2D eigenvalue weighted by molar-refractivity contribution is -0.123. The van der Waals surface area contributed by atoms with Crippen molar-refractivity contribution in [3.8, 4) is 11.5 Å². The number of carbonyl (C=O) groups is 2. The van der Waals surface area contributed by atoms with Gasteiger partial charge in [0, 0.05) is 6.54 Å². The number of primary amides is 1. The molecule has 0 spiro atoms. The van der Waals surface area contributed by atoms with Crippen molar-refractivity contribution in [2.45, 2.75) is 43.7 Å². The minimum absolute atomic E-state index is 0.0689. The zero-order valence-electron chi connectivity index (χ0n) is 16.4. The fourth-order valence-electron chi connectivity index (χ4n) is 3.81. The van der Waals surface area contributed by atoms with Gasteiger partial charge in [0.15, 0.2) is 0 Å². The van der Waals surface area contributed by atoms with Crippen molar-refractivity contribution in [1.82, 2.24) is 10.6 Å². The molecule has 2 aromatic carbocycles. The standard InChI is InChI=1S/C22H28N4O3/c23-15-22(11-4-5-12-22)26-20(27)14-19(25-21(24)28)16-7-6-10-18(13-16)29-17-8-2-1-3-9-17/h1-3,6-10,13,19H,4-5,11-12,14-15,23H2,(H,26,27)(H3,24,25,28). The zero-order valence-corrected chi connectivity index (χ0v) is 16.4. The van der Waals surface area contributed by atoms with Crippen LogP contribution < -0.4 is 26.8 Å². The maximum atomic E-state index is 12.7. The molecule has 1 aliphatic carbocycles. The molecule has 1 atom stereocenters. The van der Waals surface area contributed by atoms with Gasteiger partial charge in [-0.2, -0.15) is 0 Å². The summed E-state index contributed by atoms with van der Waals surface area (Å²) in [5.74, 6) is 1.15. The Balaban J connectivity index is 1.73. The van der Waals surface area contributed by atoms with E-state index in [1.807, 2.05) is 48.5 Å². The van der Waals surface area contributed by atoms with Gasteiger partial charge in [-0.05, 0) is 42.7 Å². The van der Waals surface area contributed by atoms with Gasteiger partial charge >= 0.3 is 6.03 Å². The zero-order chi connectivity index (χ0) is 20.7. The minimum atomic E-state index is -0.688. The number of nitrogens with one attached hydrogen (secondary N) is 2. The van der Waals surface area contributed by atoms with Gasteiger partial charge in [-0.15, -0.1) is 0 Å². The summed E-state index contributed by atoms with van der Waals surface area (Å²) in [5.41, 5.74) is 11.7. The Labute approximate surface area is 170 Å².